The van der Waals surface area contributed by atoms with Gasteiger partial charge in [0.2, 0.25) is 0 Å². The Balaban J connectivity index is 1.28. The molecule has 39 heavy (non-hydrogen) atoms. The summed E-state index contributed by atoms with van der Waals surface area (Å²) >= 11 is 0. The summed E-state index contributed by atoms with van der Waals surface area (Å²) in [5, 5.41) is 9.92. The summed E-state index contributed by atoms with van der Waals surface area (Å²) in [4.78, 5) is 31.8. The number of aromatic nitrogens is 2. The summed E-state index contributed by atoms with van der Waals surface area (Å²) in [6.07, 6.45) is 1.97. The second-order valence-corrected chi connectivity index (χ2v) is 10.3. The van der Waals surface area contributed by atoms with E-state index < -0.39 is 6.09 Å². The van der Waals surface area contributed by atoms with Gasteiger partial charge in [0.1, 0.15) is 5.75 Å². The lowest BCUT2D eigenvalue weighted by atomic mass is 9.93. The number of carboxylic acid groups (broad SMARTS) is 1. The summed E-state index contributed by atoms with van der Waals surface area (Å²) < 4.78 is 7.13. The summed E-state index contributed by atoms with van der Waals surface area (Å²) in [5.74, 6) is 0.836. The van der Waals surface area contributed by atoms with Crippen molar-refractivity contribution in [2.45, 2.75) is 50.9 Å². The van der Waals surface area contributed by atoms with Crippen LogP contribution in [0.3, 0.4) is 0 Å². The Hall–Kier alpha value is -4.04. The number of rotatable bonds is 10. The van der Waals surface area contributed by atoms with Gasteiger partial charge in [-0.25, -0.2) is 9.59 Å². The number of nitrogens with zero attached hydrogens (tertiary/aromatic N) is 3. The predicted molar refractivity (Wildman–Crippen MR) is 152 cm³/mol. The third-order valence-corrected chi connectivity index (χ3v) is 7.75. The molecule has 8 nitrogen and oxygen atoms in total. The lowest BCUT2D eigenvalue weighted by Crippen LogP contribution is -2.47. The summed E-state index contributed by atoms with van der Waals surface area (Å²) in [6.45, 7) is 2.87. The maximum absolute atomic E-state index is 12.8. The molecule has 1 unspecified atom stereocenters. The van der Waals surface area contributed by atoms with E-state index in [1.807, 2.05) is 47.0 Å². The van der Waals surface area contributed by atoms with E-state index in [-0.39, 0.29) is 17.8 Å². The number of ether oxygens (including phenoxy) is 1. The SMILES string of the molecule is COc1ccc(CN(CCC[C@H]2CC(n3c(=O)[nH]c4ccccc43)CCN2C(=O)O)Cc2ccccc2)cc1. The van der Waals surface area contributed by atoms with Crippen LogP contribution in [0.2, 0.25) is 0 Å². The highest BCUT2D eigenvalue weighted by atomic mass is 16.5. The van der Waals surface area contributed by atoms with E-state index in [2.05, 4.69) is 46.3 Å². The summed E-state index contributed by atoms with van der Waals surface area (Å²) in [5.41, 5.74) is 4.01. The zero-order valence-electron chi connectivity index (χ0n) is 22.3. The van der Waals surface area contributed by atoms with Crippen LogP contribution in [0.15, 0.2) is 83.7 Å². The van der Waals surface area contributed by atoms with Gasteiger partial charge in [-0.15, -0.1) is 0 Å². The van der Waals surface area contributed by atoms with Crippen molar-refractivity contribution < 1.29 is 14.6 Å². The molecule has 0 spiro atoms. The molecule has 1 amide bonds. The zero-order chi connectivity index (χ0) is 27.2. The van der Waals surface area contributed by atoms with Gasteiger partial charge in [-0.3, -0.25) is 9.47 Å². The van der Waals surface area contributed by atoms with Crippen LogP contribution in [-0.4, -0.2) is 56.8 Å². The molecule has 0 saturated carbocycles. The molecule has 1 aliphatic heterocycles. The van der Waals surface area contributed by atoms with Gasteiger partial charge in [0.15, 0.2) is 0 Å². The first-order chi connectivity index (χ1) is 19.0. The van der Waals surface area contributed by atoms with Crippen LogP contribution < -0.4 is 10.4 Å². The Bertz CT molecular complexity index is 1430. The average Bonchev–Trinajstić information content (AvgIpc) is 3.29. The third kappa shape index (κ3) is 6.34. The number of benzene rings is 3. The van der Waals surface area contributed by atoms with Gasteiger partial charge in [0.25, 0.3) is 0 Å². The number of para-hydroxylation sites is 2. The van der Waals surface area contributed by atoms with Crippen LogP contribution in [0, 0.1) is 0 Å². The van der Waals surface area contributed by atoms with Crippen LogP contribution in [0.5, 0.6) is 5.75 Å². The first-order valence-electron chi connectivity index (χ1n) is 13.6. The minimum atomic E-state index is -0.885. The molecule has 1 aliphatic rings. The summed E-state index contributed by atoms with van der Waals surface area (Å²) in [6, 6.07) is 26.1. The molecule has 3 aromatic carbocycles. The smallest absolute Gasteiger partial charge is 0.407 e. The van der Waals surface area contributed by atoms with Crippen LogP contribution in [0.1, 0.15) is 42.9 Å². The summed E-state index contributed by atoms with van der Waals surface area (Å²) in [7, 11) is 1.67. The minimum absolute atomic E-state index is 0.0334. The second-order valence-electron chi connectivity index (χ2n) is 10.3. The first-order valence-corrected chi connectivity index (χ1v) is 13.6. The minimum Gasteiger partial charge on any atom is -0.497 e. The number of likely N-dealkylation sites (tertiary alicyclic amines) is 1. The van der Waals surface area contributed by atoms with Crippen molar-refractivity contribution in [2.75, 3.05) is 20.2 Å². The van der Waals surface area contributed by atoms with Crippen molar-refractivity contribution in [1.29, 1.82) is 0 Å². The van der Waals surface area contributed by atoms with Crippen molar-refractivity contribution in [3.63, 3.8) is 0 Å². The number of piperidine rings is 1. The van der Waals surface area contributed by atoms with Crippen molar-refractivity contribution in [3.8, 4) is 5.75 Å². The molecule has 1 fully saturated rings. The quantitative estimate of drug-likeness (QED) is 0.284. The highest BCUT2D eigenvalue weighted by molar-refractivity contribution is 5.75. The van der Waals surface area contributed by atoms with Gasteiger partial charge < -0.3 is 19.7 Å². The Labute approximate surface area is 228 Å². The van der Waals surface area contributed by atoms with Crippen molar-refractivity contribution in [1.82, 2.24) is 19.4 Å². The fraction of sp³-hybridized carbons (Fsp3) is 0.355. The highest BCUT2D eigenvalue weighted by Crippen LogP contribution is 2.31. The van der Waals surface area contributed by atoms with Crippen LogP contribution in [0.4, 0.5) is 4.79 Å². The van der Waals surface area contributed by atoms with E-state index in [9.17, 15) is 14.7 Å². The van der Waals surface area contributed by atoms with E-state index in [0.717, 1.165) is 49.3 Å². The van der Waals surface area contributed by atoms with Gasteiger partial charge in [-0.05, 0) is 67.6 Å². The predicted octanol–water partition coefficient (Wildman–Crippen LogP) is 5.50. The molecular weight excluding hydrogens is 492 g/mol. The van der Waals surface area contributed by atoms with Gasteiger partial charge >= 0.3 is 11.8 Å². The molecule has 4 aromatic rings. The molecule has 0 aliphatic carbocycles. The van der Waals surface area contributed by atoms with E-state index in [1.165, 1.54) is 11.1 Å². The normalized spacial score (nSPS) is 17.5. The molecule has 5 rings (SSSR count). The van der Waals surface area contributed by atoms with Gasteiger partial charge in [0, 0.05) is 31.7 Å². The Morgan fingerprint density at radius 1 is 1.00 bits per heavy atom. The number of methoxy groups -OCH3 is 1. The molecular formula is C31H36N4O4. The fourth-order valence-electron chi connectivity index (χ4n) is 5.82. The molecule has 0 radical (unpaired) electrons. The molecule has 204 valence electrons. The number of imidazole rings is 1. The lowest BCUT2D eigenvalue weighted by molar-refractivity contribution is 0.0853. The van der Waals surface area contributed by atoms with Crippen LogP contribution in [0.25, 0.3) is 11.0 Å². The van der Waals surface area contributed by atoms with E-state index >= 15 is 0 Å². The molecule has 2 heterocycles. The van der Waals surface area contributed by atoms with Gasteiger partial charge in [0.05, 0.1) is 18.1 Å². The molecule has 2 atom stereocenters. The molecule has 1 saturated heterocycles. The maximum atomic E-state index is 12.8. The molecule has 0 bridgehead atoms. The van der Waals surface area contributed by atoms with E-state index in [0.29, 0.717) is 19.4 Å². The Kier molecular flexibility index (Phi) is 8.32. The number of amides is 1. The van der Waals surface area contributed by atoms with Crippen molar-refractivity contribution in [3.05, 3.63) is 100 Å². The maximum Gasteiger partial charge on any atom is 0.407 e. The number of hydrogen-bond acceptors (Lipinski definition) is 4. The highest BCUT2D eigenvalue weighted by Gasteiger charge is 2.33. The number of fused-ring (bicyclic) bond motifs is 1. The average molecular weight is 529 g/mol. The molecule has 2 N–H and O–H groups in total. The molecule has 1 aromatic heterocycles. The Morgan fingerprint density at radius 2 is 1.69 bits per heavy atom. The monoisotopic (exact) mass is 528 g/mol. The number of H-pyrrole nitrogens is 1. The standard InChI is InChI=1S/C31H36N4O4/c1-39-27-15-13-24(14-16-27)22-33(21-23-8-3-2-4-9-23)18-7-10-25-20-26(17-19-34(25)31(37)38)35-29-12-6-5-11-28(29)32-30(35)36/h2-6,8-9,11-16,25-26H,7,10,17-22H2,1H3,(H,32,36)(H,37,38)/t25-,26?/m0/s1. The fourth-order valence-corrected chi connectivity index (χ4v) is 5.82. The second kappa shape index (κ2) is 12.2. The van der Waals surface area contributed by atoms with Crippen molar-refractivity contribution >= 4 is 17.1 Å². The topological polar surface area (TPSA) is 90.8 Å². The van der Waals surface area contributed by atoms with Crippen LogP contribution in [-0.2, 0) is 13.1 Å². The lowest BCUT2D eigenvalue weighted by Gasteiger charge is -2.38. The largest absolute Gasteiger partial charge is 0.497 e. The number of nitrogens with one attached hydrogen (secondary N) is 1. The number of aromatic amines is 1. The number of hydrogen-bond donors (Lipinski definition) is 2. The van der Waals surface area contributed by atoms with Gasteiger partial charge in [-0.2, -0.15) is 0 Å². The van der Waals surface area contributed by atoms with E-state index in [4.69, 9.17) is 4.74 Å². The zero-order valence-corrected chi connectivity index (χ0v) is 22.3. The third-order valence-electron chi connectivity index (χ3n) is 7.75. The number of carbonyl (C=O) groups is 1. The molecule has 8 heteroatoms. The first kappa shape index (κ1) is 26.6. The Morgan fingerprint density at radius 3 is 2.41 bits per heavy atom. The van der Waals surface area contributed by atoms with Crippen molar-refractivity contribution in [2.24, 2.45) is 0 Å². The van der Waals surface area contributed by atoms with E-state index in [1.54, 1.807) is 12.0 Å². The van der Waals surface area contributed by atoms with Crippen LogP contribution >= 0.6 is 0 Å². The van der Waals surface area contributed by atoms with Gasteiger partial charge in [-0.1, -0.05) is 54.6 Å².